The topological polar surface area (TPSA) is 146 Å². The fraction of sp³-hybridized carbons (Fsp3) is 0.179. The average molecular weight is 799 g/mol. The van der Waals surface area contributed by atoms with Crippen molar-refractivity contribution in [2.24, 2.45) is 10.6 Å². The van der Waals surface area contributed by atoms with E-state index in [0.717, 1.165) is 32.9 Å². The van der Waals surface area contributed by atoms with Crippen molar-refractivity contribution in [3.63, 3.8) is 0 Å². The van der Waals surface area contributed by atoms with E-state index >= 15 is 0 Å². The largest absolute Gasteiger partial charge is 0.481 e. The summed E-state index contributed by atoms with van der Waals surface area (Å²) in [6.07, 6.45) is 4.86. The monoisotopic (exact) mass is 798 g/mol. The Morgan fingerprint density at radius 1 is 1.00 bits per heavy atom. The maximum atomic E-state index is 13.7. The standard InChI is InChI=1S/C39H32F2N6O5S3/c40-36(41)52-46-30(32(48)44-31-33(49)47-23-38(35(50)51,24-55-34(31)47)18-20-53-28-17-10-19-42-21-28)29-22-54-37(43-29)45-39(25-11-4-1-5-12-25,26-13-6-2-7-14-26)27-15-8-3-9-16-27/h1-22,31,34,36H,23-24H2,(H,43,45)(H,44,48)(H,50,51)/t31?,34-,38?/m1/s1. The van der Waals surface area contributed by atoms with Gasteiger partial charge in [0.1, 0.15) is 28.1 Å². The maximum absolute atomic E-state index is 13.7. The van der Waals surface area contributed by atoms with Gasteiger partial charge in [-0.1, -0.05) is 114 Å². The first-order valence-electron chi connectivity index (χ1n) is 16.8. The molecule has 2 fully saturated rings. The summed E-state index contributed by atoms with van der Waals surface area (Å²) in [4.78, 5) is 54.7. The molecule has 2 amide bonds. The first-order chi connectivity index (χ1) is 26.7. The number of carbonyl (C=O) groups excluding carboxylic acids is 2. The van der Waals surface area contributed by atoms with Crippen LogP contribution in [-0.2, 0) is 24.8 Å². The molecule has 7 rings (SSSR count). The summed E-state index contributed by atoms with van der Waals surface area (Å²) >= 11 is 3.64. The van der Waals surface area contributed by atoms with Gasteiger partial charge < -0.3 is 25.5 Å². The molecular formula is C39H32F2N6O5S3. The summed E-state index contributed by atoms with van der Waals surface area (Å²) < 4.78 is 26.6. The normalized spacial score (nSPS) is 19.8. The zero-order valence-corrected chi connectivity index (χ0v) is 31.1. The maximum Gasteiger partial charge on any atom is 0.407 e. The molecule has 2 aliphatic rings. The van der Waals surface area contributed by atoms with Crippen molar-refractivity contribution in [1.29, 1.82) is 0 Å². The van der Waals surface area contributed by atoms with Crippen LogP contribution in [0.15, 0.2) is 142 Å². The van der Waals surface area contributed by atoms with E-state index in [9.17, 15) is 28.3 Å². The van der Waals surface area contributed by atoms with Crippen LogP contribution in [0.2, 0.25) is 0 Å². The molecule has 16 heteroatoms. The Morgan fingerprint density at radius 3 is 2.20 bits per heavy atom. The molecule has 0 bridgehead atoms. The summed E-state index contributed by atoms with van der Waals surface area (Å²) in [5, 5.41) is 22.8. The van der Waals surface area contributed by atoms with Crippen LogP contribution in [0.5, 0.6) is 0 Å². The summed E-state index contributed by atoms with van der Waals surface area (Å²) in [6.45, 7) is -3.44. The van der Waals surface area contributed by atoms with Crippen molar-refractivity contribution < 1.29 is 33.1 Å². The van der Waals surface area contributed by atoms with Crippen LogP contribution < -0.4 is 10.6 Å². The van der Waals surface area contributed by atoms with Crippen LogP contribution in [0.4, 0.5) is 13.9 Å². The Morgan fingerprint density at radius 2 is 1.64 bits per heavy atom. The molecule has 5 aromatic rings. The highest BCUT2D eigenvalue weighted by Gasteiger charge is 2.57. The van der Waals surface area contributed by atoms with Gasteiger partial charge in [-0.15, -0.1) is 23.1 Å². The second-order valence-electron chi connectivity index (χ2n) is 12.5. The van der Waals surface area contributed by atoms with Gasteiger partial charge in [-0.2, -0.15) is 8.78 Å². The SMILES string of the molecule is O=C(NC1C(=O)N2CC(C=CSc3cccnc3)(C(=O)O)CS[C@H]12)C(=NOC(F)F)c1csc(NC(c2ccccc2)(c2ccccc2)c2ccccc2)n1. The number of nitrogens with one attached hydrogen (secondary N) is 2. The number of carboxylic acids is 1. The Labute approximate surface area is 326 Å². The van der Waals surface area contributed by atoms with Gasteiger partial charge in [0, 0.05) is 35.0 Å². The van der Waals surface area contributed by atoms with E-state index in [2.05, 4.69) is 30.6 Å². The lowest BCUT2D eigenvalue weighted by molar-refractivity contribution is -0.156. The zero-order valence-electron chi connectivity index (χ0n) is 28.7. The van der Waals surface area contributed by atoms with Crippen LogP contribution in [0.1, 0.15) is 22.4 Å². The number of oxime groups is 1. The van der Waals surface area contributed by atoms with E-state index in [1.807, 2.05) is 97.1 Å². The number of nitrogens with zero attached hydrogens (tertiary/aromatic N) is 4. The molecule has 3 atom stereocenters. The van der Waals surface area contributed by atoms with Gasteiger partial charge >= 0.3 is 12.6 Å². The molecule has 11 nitrogen and oxygen atoms in total. The van der Waals surface area contributed by atoms with Crippen molar-refractivity contribution in [2.75, 3.05) is 17.6 Å². The van der Waals surface area contributed by atoms with Crippen LogP contribution in [0.3, 0.4) is 0 Å². The van der Waals surface area contributed by atoms with E-state index in [1.165, 1.54) is 33.8 Å². The molecule has 4 heterocycles. The number of fused-ring (bicyclic) bond motifs is 1. The molecule has 280 valence electrons. The Kier molecular flexibility index (Phi) is 11.3. The number of benzene rings is 3. The highest BCUT2D eigenvalue weighted by atomic mass is 32.2. The summed E-state index contributed by atoms with van der Waals surface area (Å²) in [5.74, 6) is -2.45. The number of anilines is 1. The molecule has 0 saturated carbocycles. The molecule has 0 spiro atoms. The fourth-order valence-corrected chi connectivity index (χ4v) is 9.47. The molecule has 55 heavy (non-hydrogen) atoms. The molecule has 0 aliphatic carbocycles. The summed E-state index contributed by atoms with van der Waals surface area (Å²) in [6, 6.07) is 31.8. The van der Waals surface area contributed by atoms with E-state index in [-0.39, 0.29) is 18.0 Å². The van der Waals surface area contributed by atoms with Crippen LogP contribution in [-0.4, -0.2) is 73.8 Å². The number of β-lactam (4-membered cyclic amide) rings is 1. The van der Waals surface area contributed by atoms with E-state index < -0.39 is 52.5 Å². The number of aromatic nitrogens is 2. The van der Waals surface area contributed by atoms with E-state index in [0.29, 0.717) is 5.13 Å². The number of rotatable bonds is 14. The van der Waals surface area contributed by atoms with Crippen molar-refractivity contribution in [1.82, 2.24) is 20.2 Å². The van der Waals surface area contributed by atoms with E-state index in [4.69, 9.17) is 0 Å². The molecule has 3 aromatic carbocycles. The van der Waals surface area contributed by atoms with Gasteiger partial charge in [0.15, 0.2) is 10.8 Å². The number of hydrogen-bond acceptors (Lipinski definition) is 11. The van der Waals surface area contributed by atoms with Crippen molar-refractivity contribution in [2.45, 2.75) is 28.5 Å². The number of hydrogen-bond donors (Lipinski definition) is 3. The predicted molar refractivity (Wildman–Crippen MR) is 208 cm³/mol. The predicted octanol–water partition coefficient (Wildman–Crippen LogP) is 6.66. The number of amides is 2. The lowest BCUT2D eigenvalue weighted by atomic mass is 9.77. The minimum atomic E-state index is -3.33. The first-order valence-corrected chi connectivity index (χ1v) is 19.6. The highest BCUT2D eigenvalue weighted by Crippen LogP contribution is 2.44. The van der Waals surface area contributed by atoms with Gasteiger partial charge in [0.05, 0.1) is 0 Å². The number of carbonyl (C=O) groups is 3. The molecule has 2 aromatic heterocycles. The van der Waals surface area contributed by atoms with Gasteiger partial charge in [-0.25, -0.2) is 4.98 Å². The average Bonchev–Trinajstić information content (AvgIpc) is 3.68. The number of halogens is 2. The number of thioether (sulfide) groups is 2. The number of pyridine rings is 1. The quantitative estimate of drug-likeness (QED) is 0.0367. The number of aliphatic carboxylic acids is 1. The molecular weight excluding hydrogens is 767 g/mol. The minimum Gasteiger partial charge on any atom is -0.481 e. The molecule has 2 aliphatic heterocycles. The second-order valence-corrected chi connectivity index (χ2v) is 15.4. The van der Waals surface area contributed by atoms with Gasteiger partial charge in [0.2, 0.25) is 5.91 Å². The zero-order chi connectivity index (χ0) is 38.4. The Bertz CT molecular complexity index is 2100. The third-order valence-corrected chi connectivity index (χ3v) is 12.2. The van der Waals surface area contributed by atoms with Crippen molar-refractivity contribution in [3.05, 3.63) is 155 Å². The number of thiazole rings is 1. The first kappa shape index (κ1) is 37.7. The van der Waals surface area contributed by atoms with Crippen LogP contribution in [0, 0.1) is 5.41 Å². The number of carboxylic acid groups (broad SMARTS) is 1. The van der Waals surface area contributed by atoms with Gasteiger partial charge in [-0.3, -0.25) is 19.4 Å². The lowest BCUT2D eigenvalue weighted by Crippen LogP contribution is -2.73. The third-order valence-electron chi connectivity index (χ3n) is 9.14. The highest BCUT2D eigenvalue weighted by molar-refractivity contribution is 8.02. The lowest BCUT2D eigenvalue weighted by Gasteiger charge is -2.53. The van der Waals surface area contributed by atoms with Crippen molar-refractivity contribution >= 4 is 63.5 Å². The molecule has 0 radical (unpaired) electrons. The molecule has 2 unspecified atom stereocenters. The molecule has 3 N–H and O–H groups in total. The van der Waals surface area contributed by atoms with E-state index in [1.54, 1.807) is 29.9 Å². The third kappa shape index (κ3) is 7.83. The summed E-state index contributed by atoms with van der Waals surface area (Å²) in [7, 11) is 0. The van der Waals surface area contributed by atoms with Gasteiger partial charge in [-0.05, 0) is 34.2 Å². The number of alkyl halides is 2. The minimum absolute atomic E-state index is 0.0604. The Hall–Kier alpha value is -5.58. The second kappa shape index (κ2) is 16.4. The molecule has 2 saturated heterocycles. The summed E-state index contributed by atoms with van der Waals surface area (Å²) in [5.41, 5.74) is -0.266. The Balaban J connectivity index is 1.12. The van der Waals surface area contributed by atoms with Crippen LogP contribution >= 0.6 is 34.9 Å². The fourth-order valence-electron chi connectivity index (χ4n) is 6.44. The van der Waals surface area contributed by atoms with Crippen molar-refractivity contribution in [3.8, 4) is 0 Å². The van der Waals surface area contributed by atoms with Gasteiger partial charge in [0.25, 0.3) is 5.91 Å². The smallest absolute Gasteiger partial charge is 0.407 e. The van der Waals surface area contributed by atoms with Crippen LogP contribution in [0.25, 0.3) is 0 Å².